The Hall–Kier alpha value is -8.09. The average molecular weight is 2360 g/mol. The van der Waals surface area contributed by atoms with Crippen molar-refractivity contribution in [3.05, 3.63) is 130 Å². The number of nitrogen functional groups attached to an aromatic ring is 6. The van der Waals surface area contributed by atoms with Gasteiger partial charge in [0.25, 0.3) is 22.2 Å². The van der Waals surface area contributed by atoms with Crippen LogP contribution in [-0.4, -0.2) is 249 Å². The summed E-state index contributed by atoms with van der Waals surface area (Å²) in [5.74, 6) is -1.11. The minimum absolute atomic E-state index is 0.0219. The molecule has 12 aromatic rings. The van der Waals surface area contributed by atoms with Gasteiger partial charge in [0, 0.05) is 75.6 Å². The molecule has 7 aliphatic rings. The zero-order valence-corrected chi connectivity index (χ0v) is 89.5. The predicted molar refractivity (Wildman–Crippen MR) is 528 cm³/mol. The van der Waals surface area contributed by atoms with Gasteiger partial charge in [-0.05, 0) is 20.3 Å². The first-order valence-corrected chi connectivity index (χ1v) is 62.5. The summed E-state index contributed by atoms with van der Waals surface area (Å²) in [7, 11) is 1.04. The monoisotopic (exact) mass is 2360 g/mol. The molecule has 19 rings (SSSR count). The first-order chi connectivity index (χ1) is 71.0. The van der Waals surface area contributed by atoms with Gasteiger partial charge in [0.1, 0.15) is 150 Å². The van der Waals surface area contributed by atoms with Crippen LogP contribution in [0, 0.1) is 13.8 Å². The fourth-order valence-corrected chi connectivity index (χ4v) is 27.4. The van der Waals surface area contributed by atoms with Crippen molar-refractivity contribution in [2.75, 3.05) is 81.2 Å². The Morgan fingerprint density at radius 2 is 0.633 bits per heavy atom. The molecule has 7 aliphatic heterocycles. The Morgan fingerprint density at radius 1 is 0.353 bits per heavy atom. The number of nitrogens with two attached hydrogens (primary N) is 6. The van der Waals surface area contributed by atoms with Crippen LogP contribution in [0.4, 0.5) is 35.3 Å². The highest BCUT2D eigenvalue weighted by Crippen LogP contribution is 2.57. The Bertz CT molecular complexity index is 7950. The van der Waals surface area contributed by atoms with Crippen molar-refractivity contribution in [2.45, 2.75) is 201 Å². The largest absolute Gasteiger partial charge is 0.780 e. The molecule has 19 heterocycles. The third-order valence-corrected chi connectivity index (χ3v) is 35.8. The van der Waals surface area contributed by atoms with Crippen LogP contribution in [0.25, 0.3) is 55.8 Å². The molecule has 150 heavy (non-hydrogen) atoms. The molecule has 0 aromatic carbocycles. The number of anilines is 6. The Balaban J connectivity index is 0.546. The number of fused-ring (bicyclic) bond motifs is 5. The van der Waals surface area contributed by atoms with Crippen LogP contribution in [0.3, 0.4) is 0 Å². The zero-order valence-electron chi connectivity index (χ0n) is 77.5. The zero-order chi connectivity index (χ0) is 107. The van der Waals surface area contributed by atoms with Gasteiger partial charge in [0.05, 0.1) is 120 Å². The number of rotatable bonds is 41. The average Bonchev–Trinajstić information content (AvgIpc) is 1.63. The van der Waals surface area contributed by atoms with Crippen LogP contribution in [-0.2, 0) is 184 Å². The second-order valence-corrected chi connectivity index (χ2v) is 53.6. The lowest BCUT2D eigenvalue weighted by Gasteiger charge is -2.36. The molecular weight excluding hydrogens is 2270 g/mol. The van der Waals surface area contributed by atoms with Gasteiger partial charge in [-0.3, -0.25) is 75.6 Å². The van der Waals surface area contributed by atoms with Crippen molar-refractivity contribution in [3.63, 3.8) is 0 Å². The molecular formula is C72H86N30O34P7S7-7. The Labute approximate surface area is 875 Å². The molecule has 0 saturated carbocycles. The number of aromatic amines is 4. The molecule has 0 amide bonds. The molecule has 14 unspecified atom stereocenters. The molecule has 0 bridgehead atoms. The number of nitrogens with zero attached hydrogens (tertiary/aromatic N) is 20. The summed E-state index contributed by atoms with van der Waals surface area (Å²) in [6.07, 6.45) is -18.5. The number of aryl methyl sites for hydroxylation is 2. The molecule has 0 radical (unpaired) electrons. The van der Waals surface area contributed by atoms with E-state index in [1.807, 2.05) is 0 Å². The van der Waals surface area contributed by atoms with Crippen LogP contribution in [0.15, 0.2) is 85.5 Å². The van der Waals surface area contributed by atoms with Crippen molar-refractivity contribution in [3.8, 4) is 0 Å². The smallest absolute Gasteiger partial charge is 0.351 e. The van der Waals surface area contributed by atoms with Crippen LogP contribution in [0.1, 0.15) is 113 Å². The van der Waals surface area contributed by atoms with E-state index in [1.54, 1.807) is 6.92 Å². The van der Waals surface area contributed by atoms with Crippen LogP contribution in [0.5, 0.6) is 0 Å². The number of hydrogen-bond donors (Lipinski definition) is 10. The molecule has 64 nitrogen and oxygen atoms in total. The standard InChI is InChI=1S/C72H93N30O34P7S7/c1-5-30-31(6-44(123-30)97-14-29(3)64(103)95-72(97)108)131-138(110,145)117-19-42-36(11-49(128-42)101-26-86-54-62(101)90-69(77)93-66(54)105)136-143(115,150)121-18-41-34(9-46(126-41)98-23-83-51-57(74)79-21-81-59(51)98)133-141(113,148)120-17-40-35(10-47(125-40)99-24-84-52-58(75)80-22-82-60(52)99)134-142(114,149)122-20-43-37(12-50(129-43)102-27-87-55-63(102)91-70(78)94-67(55)106)135-140(112,147)119-16-39-33(7-45(124-39)96-13-28(2)56(73)88-71(96)107)132-139(111,146)118-15-38-32(130-137(109,144)116-4)8-48(127-38)100-25-85-53-61(100)89-68(76)92-65(53)104/h13-14,21-27,30-50H,5-12,15-20H2,1-4H3,(H,109,144)(H,110,145)(H,111,146)(H,112,147)(H,113,148)(H,114,149)(H,115,150)(H2,73,88,107)(H2,74,79,81)(H2,75,80,82)(H,95,103,108)(H3,76,89,92,104)(H3,77,90,93,105)(H3,78,91,94,106)/p-7/t30-,31?,32?,33?,34?,35?,36?,37?,38-,39-,40-,41-,42-,43-,44-,45-,46-,47-,48-,49-,50-,137?,138?,139?,140?,141?,142?,143?/m1/s1. The number of hydrogen-bond acceptors (Lipinski definition) is 60. The molecule has 16 N–H and O–H groups in total. The van der Waals surface area contributed by atoms with Crippen LogP contribution < -0.4 is 97.4 Å². The van der Waals surface area contributed by atoms with E-state index in [2.05, 4.69) is 84.7 Å². The van der Waals surface area contributed by atoms with Crippen LogP contribution >= 0.6 is 47.1 Å². The number of aromatic nitrogens is 24. The second kappa shape index (κ2) is 43.8. The molecule has 0 spiro atoms. The van der Waals surface area contributed by atoms with Gasteiger partial charge < -0.3 is 173 Å². The number of H-pyrrole nitrogens is 4. The summed E-state index contributed by atoms with van der Waals surface area (Å²) in [5.41, 5.74) is 32.1. The van der Waals surface area contributed by atoms with Crippen molar-refractivity contribution < 1.29 is 130 Å². The van der Waals surface area contributed by atoms with E-state index < -0.39 is 256 Å². The van der Waals surface area contributed by atoms with E-state index in [0.717, 1.165) is 35.2 Å². The SMILES string of the molecule is CC[C@H]1O[C@@H](n2cc(C)c(=O)[nH]c2=O)CC1OP([O-])(=S)OC[C@H]1O[C@@H](n2cnc3c(=O)[nH]c(N)nc32)CC1OP(=O)([S-])OC[C@H]1O[C@@H](n2cnc3c(N)ncnc32)CC1OP([O-])(=S)OC[C@H]1O[C@@H](n2cnc3c(N)ncnc32)CC1OP([O-])(=S)OC[C@H]1O[C@@H](n2cnc3c(=O)[nH]c(N)nc32)CC1OP([O-])(=S)OC[C@H]1O[C@@H](n2cc(C)c(N)nc2=O)CC1OP([O-])(=S)OC[C@H]1O[C@@H](n2cnc3c(=O)[nH]c(N)nc32)CC1OP([O-])(=S)OC. The number of ether oxygens (including phenoxy) is 7. The lowest BCUT2D eigenvalue weighted by Crippen LogP contribution is -2.34. The minimum atomic E-state index is -5.02. The lowest BCUT2D eigenvalue weighted by atomic mass is 10.1. The first kappa shape index (κ1) is 110. The van der Waals surface area contributed by atoms with Crippen molar-refractivity contribution in [1.29, 1.82) is 0 Å². The van der Waals surface area contributed by atoms with E-state index in [4.69, 9.17) is 214 Å². The lowest BCUT2D eigenvalue weighted by molar-refractivity contribution is -0.221. The quantitative estimate of drug-likeness (QED) is 0.0135. The summed E-state index contributed by atoms with van der Waals surface area (Å²) in [5, 5.41) is 0. The summed E-state index contributed by atoms with van der Waals surface area (Å²) in [6, 6.07) is 0. The third-order valence-electron chi connectivity index (χ3n) is 24.7. The molecule has 0 aliphatic carbocycles. The van der Waals surface area contributed by atoms with Gasteiger partial charge in [-0.1, -0.05) is 77.8 Å². The fourth-order valence-electron chi connectivity index (χ4n) is 17.7. The Morgan fingerprint density at radius 3 is 0.967 bits per heavy atom. The van der Waals surface area contributed by atoms with E-state index in [9.17, 15) is 52.9 Å². The van der Waals surface area contributed by atoms with E-state index >= 15 is 9.79 Å². The van der Waals surface area contributed by atoms with Gasteiger partial charge in [0.15, 0.2) is 63.2 Å². The van der Waals surface area contributed by atoms with Crippen molar-refractivity contribution in [1.82, 2.24) is 117 Å². The maximum atomic E-state index is 15.2. The van der Waals surface area contributed by atoms with E-state index in [-0.39, 0.29) is 142 Å². The van der Waals surface area contributed by atoms with E-state index in [1.165, 1.54) is 74.4 Å². The van der Waals surface area contributed by atoms with Gasteiger partial charge >= 0.3 is 11.4 Å². The van der Waals surface area contributed by atoms with Gasteiger partial charge in [0.2, 0.25) is 17.8 Å². The maximum absolute atomic E-state index is 15.2. The topological polar surface area (TPSA) is 873 Å². The highest BCUT2D eigenvalue weighted by atomic mass is 32.7. The molecule has 78 heteroatoms. The number of imidazole rings is 5. The van der Waals surface area contributed by atoms with Crippen molar-refractivity contribution in [2.24, 2.45) is 0 Å². The minimum Gasteiger partial charge on any atom is -0.780 e. The van der Waals surface area contributed by atoms with E-state index in [0.29, 0.717) is 5.56 Å². The summed E-state index contributed by atoms with van der Waals surface area (Å²) in [6.45, 7) is -33.8. The van der Waals surface area contributed by atoms with Gasteiger partial charge in [-0.15, -0.1) is 0 Å². The molecule has 7 fully saturated rings. The Kier molecular flexibility index (Phi) is 32.2. The second-order valence-electron chi connectivity index (χ2n) is 34.5. The van der Waals surface area contributed by atoms with Crippen molar-refractivity contribution >= 4 is 221 Å². The van der Waals surface area contributed by atoms with Gasteiger partial charge in [-0.2, -0.15) is 19.9 Å². The summed E-state index contributed by atoms with van der Waals surface area (Å²) in [4.78, 5) is 229. The fraction of sp³-hybridized carbons (Fsp3) is 0.542. The normalized spacial score (nSPS) is 29.1. The first-order valence-electron chi connectivity index (χ1n) is 44.7. The highest BCUT2D eigenvalue weighted by Gasteiger charge is 2.50. The molecule has 812 valence electrons. The highest BCUT2D eigenvalue weighted by molar-refractivity contribution is 8.32. The molecule has 28 atom stereocenters. The van der Waals surface area contributed by atoms with Gasteiger partial charge in [-0.25, -0.2) is 54.4 Å². The molecule has 12 aromatic heterocycles. The summed E-state index contributed by atoms with van der Waals surface area (Å²) < 4.78 is 151. The summed E-state index contributed by atoms with van der Waals surface area (Å²) >= 11 is 38.4. The number of nitrogens with one attached hydrogen (secondary N) is 4. The molecule has 7 saturated heterocycles. The third kappa shape index (κ3) is 24.4. The maximum Gasteiger partial charge on any atom is 0.351 e. The van der Waals surface area contributed by atoms with Crippen LogP contribution in [0.2, 0.25) is 0 Å². The predicted octanol–water partition coefficient (Wildman–Crippen LogP) is -2.99.